The second-order valence-corrected chi connectivity index (χ2v) is 8.43. The summed E-state index contributed by atoms with van der Waals surface area (Å²) >= 11 is 0. The summed E-state index contributed by atoms with van der Waals surface area (Å²) in [7, 11) is 0. The lowest BCUT2D eigenvalue weighted by Gasteiger charge is -2.22. The quantitative estimate of drug-likeness (QED) is 0.332. The Balaban J connectivity index is 1.80. The van der Waals surface area contributed by atoms with E-state index in [1.54, 1.807) is 54.7 Å². The molecule has 3 aromatic carbocycles. The number of nitrogens with zero attached hydrogens (tertiary/aromatic N) is 3. The summed E-state index contributed by atoms with van der Waals surface area (Å²) in [6.45, 7) is 0. The summed E-state index contributed by atoms with van der Waals surface area (Å²) in [5.74, 6) is -0.910. The highest BCUT2D eigenvalue weighted by Crippen LogP contribution is 2.32. The molecule has 1 heterocycles. The molecule has 0 fully saturated rings. The van der Waals surface area contributed by atoms with Crippen LogP contribution >= 0.6 is 0 Å². The van der Waals surface area contributed by atoms with E-state index in [2.05, 4.69) is 6.07 Å². The highest BCUT2D eigenvalue weighted by Gasteiger charge is 2.26. The molecule has 0 radical (unpaired) electrons. The van der Waals surface area contributed by atoms with Crippen LogP contribution in [0.15, 0.2) is 91.1 Å². The van der Waals surface area contributed by atoms with Crippen molar-refractivity contribution in [3.8, 4) is 17.9 Å². The standard InChI is InChI=1S/C30H23N3O4/c31-19-22-9-11-24(12-10-22)30(36)33-16-15-25(17-21-5-2-1-3-6-21)29(33)27(13-14-28(34)35)37-26-8-4-7-23(18-26)20-32/h1-12,15-16,18,27H,13-14,17H2,(H,34,35). The van der Waals surface area contributed by atoms with E-state index in [1.165, 1.54) is 4.57 Å². The van der Waals surface area contributed by atoms with Gasteiger partial charge in [0.05, 0.1) is 29.0 Å². The van der Waals surface area contributed by atoms with Crippen molar-refractivity contribution in [1.82, 2.24) is 4.57 Å². The lowest BCUT2D eigenvalue weighted by atomic mass is 10.00. The van der Waals surface area contributed by atoms with Crippen molar-refractivity contribution in [3.63, 3.8) is 0 Å². The van der Waals surface area contributed by atoms with Crippen LogP contribution in [0.1, 0.15) is 57.3 Å². The molecule has 7 heteroatoms. The number of hydrogen-bond donors (Lipinski definition) is 1. The molecular weight excluding hydrogens is 466 g/mol. The molecular formula is C30H23N3O4. The number of aromatic nitrogens is 1. The Morgan fingerprint density at radius 2 is 1.62 bits per heavy atom. The van der Waals surface area contributed by atoms with Gasteiger partial charge in [0.15, 0.2) is 0 Å². The monoisotopic (exact) mass is 489 g/mol. The third-order valence-corrected chi connectivity index (χ3v) is 5.90. The molecule has 0 aliphatic heterocycles. The Hall–Kier alpha value is -5.14. The lowest BCUT2D eigenvalue weighted by molar-refractivity contribution is -0.137. The van der Waals surface area contributed by atoms with Crippen molar-refractivity contribution in [2.24, 2.45) is 0 Å². The zero-order chi connectivity index (χ0) is 26.2. The number of carboxylic acids is 1. The molecule has 7 nitrogen and oxygen atoms in total. The second kappa shape index (κ2) is 11.5. The first kappa shape index (κ1) is 25.0. The summed E-state index contributed by atoms with van der Waals surface area (Å²) in [5.41, 5.74) is 3.61. The SMILES string of the molecule is N#Cc1ccc(C(=O)n2ccc(Cc3ccccc3)c2C(CCC(=O)O)Oc2cccc(C#N)c2)cc1. The van der Waals surface area contributed by atoms with Crippen molar-refractivity contribution in [1.29, 1.82) is 10.5 Å². The van der Waals surface area contributed by atoms with Gasteiger partial charge in [-0.05, 0) is 66.1 Å². The van der Waals surface area contributed by atoms with Crippen LogP contribution in [-0.4, -0.2) is 21.6 Å². The van der Waals surface area contributed by atoms with E-state index in [1.807, 2.05) is 42.5 Å². The van der Waals surface area contributed by atoms with Crippen molar-refractivity contribution < 1.29 is 19.4 Å². The van der Waals surface area contributed by atoms with Crippen molar-refractivity contribution in [2.45, 2.75) is 25.4 Å². The van der Waals surface area contributed by atoms with Gasteiger partial charge in [-0.2, -0.15) is 10.5 Å². The predicted octanol–water partition coefficient (Wildman–Crippen LogP) is 5.50. The van der Waals surface area contributed by atoms with Crippen molar-refractivity contribution >= 4 is 11.9 Å². The number of carbonyl (C=O) groups excluding carboxylic acids is 1. The Morgan fingerprint density at radius 1 is 0.892 bits per heavy atom. The van der Waals surface area contributed by atoms with Crippen LogP contribution in [0, 0.1) is 22.7 Å². The molecule has 0 saturated carbocycles. The molecule has 1 N–H and O–H groups in total. The van der Waals surface area contributed by atoms with Crippen LogP contribution in [0.2, 0.25) is 0 Å². The van der Waals surface area contributed by atoms with Gasteiger partial charge in [-0.25, -0.2) is 0 Å². The van der Waals surface area contributed by atoms with Gasteiger partial charge in [0.2, 0.25) is 0 Å². The average molecular weight is 490 g/mol. The molecule has 0 aliphatic carbocycles. The summed E-state index contributed by atoms with van der Waals surface area (Å²) in [6.07, 6.45) is 1.33. The van der Waals surface area contributed by atoms with E-state index in [4.69, 9.17) is 10.00 Å². The third-order valence-electron chi connectivity index (χ3n) is 5.90. The minimum absolute atomic E-state index is 0.110. The number of nitriles is 2. The smallest absolute Gasteiger partial charge is 0.303 e. The van der Waals surface area contributed by atoms with Gasteiger partial charge in [-0.3, -0.25) is 14.2 Å². The van der Waals surface area contributed by atoms with E-state index in [0.29, 0.717) is 34.6 Å². The van der Waals surface area contributed by atoms with E-state index in [-0.39, 0.29) is 18.7 Å². The fourth-order valence-corrected chi connectivity index (χ4v) is 4.12. The fraction of sp³-hybridized carbons (Fsp3) is 0.133. The highest BCUT2D eigenvalue weighted by atomic mass is 16.5. The minimum atomic E-state index is -0.986. The number of ether oxygens (including phenoxy) is 1. The number of carboxylic acid groups (broad SMARTS) is 1. The summed E-state index contributed by atoms with van der Waals surface area (Å²) in [5, 5.41) is 27.8. The Kier molecular flexibility index (Phi) is 7.78. The summed E-state index contributed by atoms with van der Waals surface area (Å²) in [4.78, 5) is 25.1. The molecule has 0 amide bonds. The molecule has 0 aliphatic rings. The van der Waals surface area contributed by atoms with Crippen LogP contribution in [0.25, 0.3) is 0 Å². The van der Waals surface area contributed by atoms with E-state index >= 15 is 0 Å². The maximum atomic E-state index is 13.6. The summed E-state index contributed by atoms with van der Waals surface area (Å²) < 4.78 is 7.75. The maximum Gasteiger partial charge on any atom is 0.303 e. The van der Waals surface area contributed by atoms with E-state index in [9.17, 15) is 20.0 Å². The van der Waals surface area contributed by atoms with Crippen LogP contribution < -0.4 is 4.74 Å². The first-order chi connectivity index (χ1) is 18.0. The van der Waals surface area contributed by atoms with Crippen molar-refractivity contribution in [3.05, 3.63) is 125 Å². The predicted molar refractivity (Wildman–Crippen MR) is 136 cm³/mol. The first-order valence-corrected chi connectivity index (χ1v) is 11.7. The number of rotatable bonds is 9. The normalized spacial score (nSPS) is 11.2. The number of benzene rings is 3. The molecule has 0 spiro atoms. The lowest BCUT2D eigenvalue weighted by Crippen LogP contribution is -2.21. The van der Waals surface area contributed by atoms with Gasteiger partial charge >= 0.3 is 5.97 Å². The van der Waals surface area contributed by atoms with Gasteiger partial charge in [0.25, 0.3) is 5.91 Å². The number of hydrogen-bond acceptors (Lipinski definition) is 5. The zero-order valence-electron chi connectivity index (χ0n) is 19.9. The molecule has 4 aromatic rings. The van der Waals surface area contributed by atoms with Gasteiger partial charge in [0, 0.05) is 24.6 Å². The molecule has 37 heavy (non-hydrogen) atoms. The van der Waals surface area contributed by atoms with Crippen LogP contribution in [0.3, 0.4) is 0 Å². The van der Waals surface area contributed by atoms with E-state index in [0.717, 1.165) is 11.1 Å². The van der Waals surface area contributed by atoms with Gasteiger partial charge < -0.3 is 9.84 Å². The van der Waals surface area contributed by atoms with Crippen LogP contribution in [0.4, 0.5) is 0 Å². The Labute approximate surface area is 214 Å². The second-order valence-electron chi connectivity index (χ2n) is 8.43. The average Bonchev–Trinajstić information content (AvgIpc) is 3.34. The summed E-state index contributed by atoms with van der Waals surface area (Å²) in [6, 6.07) is 28.6. The molecule has 1 unspecified atom stereocenters. The third kappa shape index (κ3) is 6.11. The number of aliphatic carboxylic acids is 1. The highest BCUT2D eigenvalue weighted by molar-refractivity contribution is 5.96. The van der Waals surface area contributed by atoms with Gasteiger partial charge in [-0.1, -0.05) is 36.4 Å². The Morgan fingerprint density at radius 3 is 2.30 bits per heavy atom. The van der Waals surface area contributed by atoms with E-state index < -0.39 is 12.1 Å². The van der Waals surface area contributed by atoms with Crippen molar-refractivity contribution in [2.75, 3.05) is 0 Å². The maximum absolute atomic E-state index is 13.6. The molecule has 4 rings (SSSR count). The first-order valence-electron chi connectivity index (χ1n) is 11.7. The molecule has 1 atom stereocenters. The largest absolute Gasteiger partial charge is 0.484 e. The topological polar surface area (TPSA) is 116 Å². The fourth-order valence-electron chi connectivity index (χ4n) is 4.12. The Bertz CT molecular complexity index is 1490. The van der Waals surface area contributed by atoms with Crippen LogP contribution in [0.5, 0.6) is 5.75 Å². The van der Waals surface area contributed by atoms with Crippen LogP contribution in [-0.2, 0) is 11.2 Å². The zero-order valence-corrected chi connectivity index (χ0v) is 19.9. The molecule has 182 valence electrons. The molecule has 0 saturated heterocycles. The minimum Gasteiger partial charge on any atom is -0.484 e. The molecule has 0 bridgehead atoms. The van der Waals surface area contributed by atoms with Gasteiger partial charge in [-0.15, -0.1) is 0 Å². The van der Waals surface area contributed by atoms with Gasteiger partial charge in [0.1, 0.15) is 11.9 Å². The molecule has 1 aromatic heterocycles. The number of carbonyl (C=O) groups is 2.